The number of nitrogens with zero attached hydrogens (tertiary/aromatic N) is 1. The third kappa shape index (κ3) is 4.78. The molecule has 1 fully saturated rings. The van der Waals surface area contributed by atoms with Crippen LogP contribution < -0.4 is 5.32 Å². The third-order valence-electron chi connectivity index (χ3n) is 3.99. The quantitative estimate of drug-likeness (QED) is 0.897. The van der Waals surface area contributed by atoms with E-state index in [1.165, 1.54) is 12.1 Å². The Morgan fingerprint density at radius 3 is 2.17 bits per heavy atom. The van der Waals surface area contributed by atoms with Crippen LogP contribution >= 0.6 is 0 Å². The Balaban J connectivity index is 2.10. The van der Waals surface area contributed by atoms with Crippen LogP contribution in [-0.4, -0.2) is 38.3 Å². The molecule has 0 bridgehead atoms. The minimum Gasteiger partial charge on any atom is -0.352 e. The van der Waals surface area contributed by atoms with E-state index in [0.717, 1.165) is 25.7 Å². The van der Waals surface area contributed by atoms with E-state index < -0.39 is 10.0 Å². The number of hydrogen-bond donors (Lipinski definition) is 1. The van der Waals surface area contributed by atoms with Crippen molar-refractivity contribution in [1.29, 1.82) is 0 Å². The fourth-order valence-electron chi connectivity index (χ4n) is 2.61. The van der Waals surface area contributed by atoms with Crippen LogP contribution in [0.2, 0.25) is 0 Å². The number of hydrogen-bond acceptors (Lipinski definition) is 3. The molecule has 1 heterocycles. The summed E-state index contributed by atoms with van der Waals surface area (Å²) in [6.45, 7) is 5.82. The minimum atomic E-state index is -3.45. The smallest absolute Gasteiger partial charge is 0.251 e. The minimum absolute atomic E-state index is 0.169. The van der Waals surface area contributed by atoms with Gasteiger partial charge in [0.1, 0.15) is 0 Å². The number of nitrogens with one attached hydrogen (secondary N) is 1. The van der Waals surface area contributed by atoms with Gasteiger partial charge in [0.2, 0.25) is 10.0 Å². The van der Waals surface area contributed by atoms with Crippen LogP contribution in [0.3, 0.4) is 0 Å². The number of carbonyl (C=O) groups is 1. The molecule has 1 aliphatic rings. The molecule has 1 amide bonds. The first kappa shape index (κ1) is 17.9. The molecule has 1 N–H and O–H groups in total. The standard InChI is InChI=1S/C17H26N2O3S/c1-14(2)13-18-17(20)15-7-9-16(10-8-15)23(21,22)19-11-5-3-4-6-12-19/h7-10,14H,3-6,11-13H2,1-2H3,(H,18,20). The van der Waals surface area contributed by atoms with Crippen molar-refractivity contribution in [1.82, 2.24) is 9.62 Å². The summed E-state index contributed by atoms with van der Waals surface area (Å²) in [5, 5.41) is 2.83. The maximum Gasteiger partial charge on any atom is 0.251 e. The van der Waals surface area contributed by atoms with E-state index in [9.17, 15) is 13.2 Å². The summed E-state index contributed by atoms with van der Waals surface area (Å²) < 4.78 is 26.9. The lowest BCUT2D eigenvalue weighted by atomic mass is 10.2. The normalized spacial score (nSPS) is 17.0. The Bertz CT molecular complexity index is 616. The molecule has 128 valence electrons. The number of carbonyl (C=O) groups excluding carboxylic acids is 1. The molecule has 0 aliphatic carbocycles. The Kier molecular flexibility index (Phi) is 6.18. The van der Waals surface area contributed by atoms with E-state index in [0.29, 0.717) is 31.1 Å². The van der Waals surface area contributed by atoms with Gasteiger partial charge in [-0.3, -0.25) is 4.79 Å². The highest BCUT2D eigenvalue weighted by molar-refractivity contribution is 7.89. The summed E-state index contributed by atoms with van der Waals surface area (Å²) in [5.74, 6) is 0.207. The summed E-state index contributed by atoms with van der Waals surface area (Å²) in [6, 6.07) is 6.23. The van der Waals surface area contributed by atoms with Crippen LogP contribution in [0.25, 0.3) is 0 Å². The zero-order chi connectivity index (χ0) is 16.9. The van der Waals surface area contributed by atoms with Crippen molar-refractivity contribution in [3.63, 3.8) is 0 Å². The van der Waals surface area contributed by atoms with E-state index in [4.69, 9.17) is 0 Å². The Labute approximate surface area is 139 Å². The van der Waals surface area contributed by atoms with Crippen LogP contribution in [0.15, 0.2) is 29.2 Å². The van der Waals surface area contributed by atoms with Crippen LogP contribution in [0.1, 0.15) is 49.9 Å². The average molecular weight is 338 g/mol. The van der Waals surface area contributed by atoms with Crippen LogP contribution in [0.5, 0.6) is 0 Å². The fourth-order valence-corrected chi connectivity index (χ4v) is 4.13. The van der Waals surface area contributed by atoms with Crippen molar-refractivity contribution >= 4 is 15.9 Å². The van der Waals surface area contributed by atoms with Crippen molar-refractivity contribution in [2.45, 2.75) is 44.4 Å². The monoisotopic (exact) mass is 338 g/mol. The summed E-state index contributed by atoms with van der Waals surface area (Å²) >= 11 is 0. The van der Waals surface area contributed by atoms with Gasteiger partial charge in [-0.15, -0.1) is 0 Å². The Hall–Kier alpha value is -1.40. The molecule has 1 aromatic carbocycles. The lowest BCUT2D eigenvalue weighted by Crippen LogP contribution is -2.32. The second-order valence-electron chi connectivity index (χ2n) is 6.45. The summed E-state index contributed by atoms with van der Waals surface area (Å²) in [6.07, 6.45) is 3.99. The molecule has 1 aromatic rings. The summed E-state index contributed by atoms with van der Waals surface area (Å²) in [4.78, 5) is 12.2. The van der Waals surface area contributed by atoms with E-state index >= 15 is 0 Å². The molecular weight excluding hydrogens is 312 g/mol. The van der Waals surface area contributed by atoms with Gasteiger partial charge in [0, 0.05) is 25.2 Å². The van der Waals surface area contributed by atoms with Gasteiger partial charge in [-0.05, 0) is 43.0 Å². The zero-order valence-corrected chi connectivity index (χ0v) is 14.7. The zero-order valence-electron chi connectivity index (χ0n) is 13.9. The highest BCUT2D eigenvalue weighted by atomic mass is 32.2. The van der Waals surface area contributed by atoms with Gasteiger partial charge in [-0.25, -0.2) is 8.42 Å². The third-order valence-corrected chi connectivity index (χ3v) is 5.90. The van der Waals surface area contributed by atoms with E-state index in [2.05, 4.69) is 5.32 Å². The second-order valence-corrected chi connectivity index (χ2v) is 8.38. The van der Waals surface area contributed by atoms with E-state index in [1.807, 2.05) is 13.8 Å². The number of amides is 1. The van der Waals surface area contributed by atoms with E-state index in [1.54, 1.807) is 16.4 Å². The molecule has 0 unspecified atom stereocenters. The Morgan fingerprint density at radius 2 is 1.65 bits per heavy atom. The summed E-state index contributed by atoms with van der Waals surface area (Å²) in [5.41, 5.74) is 0.487. The summed E-state index contributed by atoms with van der Waals surface area (Å²) in [7, 11) is -3.45. The first-order valence-corrected chi connectivity index (χ1v) is 9.73. The van der Waals surface area contributed by atoms with Crippen molar-refractivity contribution in [3.05, 3.63) is 29.8 Å². The number of benzene rings is 1. The molecule has 0 radical (unpaired) electrons. The Morgan fingerprint density at radius 1 is 1.09 bits per heavy atom. The van der Waals surface area contributed by atoms with Gasteiger partial charge in [0.05, 0.1) is 4.90 Å². The van der Waals surface area contributed by atoms with Crippen molar-refractivity contribution in [2.24, 2.45) is 5.92 Å². The van der Waals surface area contributed by atoms with Crippen LogP contribution in [-0.2, 0) is 10.0 Å². The highest BCUT2D eigenvalue weighted by Gasteiger charge is 2.25. The van der Waals surface area contributed by atoms with Crippen LogP contribution in [0.4, 0.5) is 0 Å². The molecule has 0 spiro atoms. The molecule has 1 saturated heterocycles. The van der Waals surface area contributed by atoms with Gasteiger partial charge >= 0.3 is 0 Å². The molecule has 2 rings (SSSR count). The number of sulfonamides is 1. The SMILES string of the molecule is CC(C)CNC(=O)c1ccc(S(=O)(=O)N2CCCCCC2)cc1. The van der Waals surface area contributed by atoms with Gasteiger partial charge in [0.25, 0.3) is 5.91 Å². The van der Waals surface area contributed by atoms with Crippen LogP contribution in [0, 0.1) is 5.92 Å². The lowest BCUT2D eigenvalue weighted by molar-refractivity contribution is 0.0949. The maximum atomic E-state index is 12.7. The molecular formula is C17H26N2O3S. The fraction of sp³-hybridized carbons (Fsp3) is 0.588. The molecule has 23 heavy (non-hydrogen) atoms. The van der Waals surface area contributed by atoms with Crippen molar-refractivity contribution < 1.29 is 13.2 Å². The predicted molar refractivity (Wildman–Crippen MR) is 90.8 cm³/mol. The maximum absolute atomic E-state index is 12.7. The molecule has 0 saturated carbocycles. The van der Waals surface area contributed by atoms with Gasteiger partial charge < -0.3 is 5.32 Å². The van der Waals surface area contributed by atoms with Crippen molar-refractivity contribution in [2.75, 3.05) is 19.6 Å². The topological polar surface area (TPSA) is 66.5 Å². The average Bonchev–Trinajstić information content (AvgIpc) is 2.82. The lowest BCUT2D eigenvalue weighted by Gasteiger charge is -2.20. The molecule has 5 nitrogen and oxygen atoms in total. The predicted octanol–water partition coefficient (Wildman–Crippen LogP) is 2.64. The molecule has 1 aliphatic heterocycles. The van der Waals surface area contributed by atoms with Gasteiger partial charge in [-0.1, -0.05) is 26.7 Å². The number of rotatable bonds is 5. The first-order valence-electron chi connectivity index (χ1n) is 8.29. The van der Waals surface area contributed by atoms with Crippen molar-refractivity contribution in [3.8, 4) is 0 Å². The molecule has 6 heteroatoms. The largest absolute Gasteiger partial charge is 0.352 e. The molecule has 0 atom stereocenters. The van der Waals surface area contributed by atoms with E-state index in [-0.39, 0.29) is 10.8 Å². The second kappa shape index (κ2) is 7.93. The van der Waals surface area contributed by atoms with Gasteiger partial charge in [-0.2, -0.15) is 4.31 Å². The van der Waals surface area contributed by atoms with Gasteiger partial charge in [0.15, 0.2) is 0 Å². The first-order chi connectivity index (χ1) is 10.9. The molecule has 0 aromatic heterocycles. The highest BCUT2D eigenvalue weighted by Crippen LogP contribution is 2.20.